The molecule has 0 heterocycles. The van der Waals surface area contributed by atoms with Crippen molar-refractivity contribution in [2.24, 2.45) is 5.92 Å². The second-order valence-electron chi connectivity index (χ2n) is 5.40. The van der Waals surface area contributed by atoms with Gasteiger partial charge in [0.25, 0.3) is 0 Å². The molecule has 0 aromatic heterocycles. The third-order valence-electron chi connectivity index (χ3n) is 4.19. The van der Waals surface area contributed by atoms with Crippen molar-refractivity contribution in [1.82, 2.24) is 10.2 Å². The summed E-state index contributed by atoms with van der Waals surface area (Å²) >= 11 is 0. The summed E-state index contributed by atoms with van der Waals surface area (Å²) in [4.78, 5) is 2.42. The molecule has 1 aromatic carbocycles. The Kier molecular flexibility index (Phi) is 7.78. The molecule has 114 valence electrons. The average molecular weight is 280 g/mol. The summed E-state index contributed by atoms with van der Waals surface area (Å²) in [6.45, 7) is 9.61. The van der Waals surface area contributed by atoms with E-state index in [1.54, 1.807) is 6.07 Å². The maximum atomic E-state index is 13.9. The predicted octanol–water partition coefficient (Wildman–Crippen LogP) is 3.84. The van der Waals surface area contributed by atoms with Crippen LogP contribution < -0.4 is 5.32 Å². The lowest BCUT2D eigenvalue weighted by Gasteiger charge is -2.29. The van der Waals surface area contributed by atoms with Gasteiger partial charge in [0.15, 0.2) is 0 Å². The van der Waals surface area contributed by atoms with Gasteiger partial charge in [-0.2, -0.15) is 0 Å². The smallest absolute Gasteiger partial charge is 0.128 e. The average Bonchev–Trinajstić information content (AvgIpc) is 2.49. The molecule has 3 heteroatoms. The van der Waals surface area contributed by atoms with Crippen LogP contribution in [0.15, 0.2) is 24.3 Å². The van der Waals surface area contributed by atoms with Gasteiger partial charge >= 0.3 is 0 Å². The maximum absolute atomic E-state index is 13.9. The zero-order valence-corrected chi connectivity index (χ0v) is 13.3. The fraction of sp³-hybridized carbons (Fsp3) is 0.647. The van der Waals surface area contributed by atoms with E-state index >= 15 is 0 Å². The van der Waals surface area contributed by atoms with Crippen LogP contribution in [0.25, 0.3) is 0 Å². The van der Waals surface area contributed by atoms with Gasteiger partial charge in [0.05, 0.1) is 0 Å². The van der Waals surface area contributed by atoms with Crippen molar-refractivity contribution in [3.63, 3.8) is 0 Å². The highest BCUT2D eigenvalue weighted by Crippen LogP contribution is 2.19. The number of benzene rings is 1. The first kappa shape index (κ1) is 17.1. The van der Waals surface area contributed by atoms with Crippen LogP contribution in [0, 0.1) is 11.7 Å². The molecular weight excluding hydrogens is 251 g/mol. The van der Waals surface area contributed by atoms with Crippen molar-refractivity contribution in [2.75, 3.05) is 26.7 Å². The van der Waals surface area contributed by atoms with Gasteiger partial charge in [0.2, 0.25) is 0 Å². The molecule has 0 radical (unpaired) electrons. The highest BCUT2D eigenvalue weighted by Gasteiger charge is 2.18. The maximum Gasteiger partial charge on any atom is 0.128 e. The highest BCUT2D eigenvalue weighted by molar-refractivity contribution is 5.21. The summed E-state index contributed by atoms with van der Waals surface area (Å²) in [6, 6.07) is 7.11. The zero-order chi connectivity index (χ0) is 15.0. The molecular formula is C17H29FN2. The van der Waals surface area contributed by atoms with Crippen LogP contribution in [0.2, 0.25) is 0 Å². The van der Waals surface area contributed by atoms with Gasteiger partial charge in [-0.25, -0.2) is 4.39 Å². The molecule has 0 aliphatic heterocycles. The van der Waals surface area contributed by atoms with Crippen molar-refractivity contribution < 1.29 is 4.39 Å². The normalized spacial score (nSPS) is 13.2. The SMILES string of the molecule is CCC(CC)CN(CC)CC(NC)c1ccccc1F. The van der Waals surface area contributed by atoms with Crippen molar-refractivity contribution >= 4 is 0 Å². The van der Waals surface area contributed by atoms with E-state index < -0.39 is 0 Å². The number of nitrogens with one attached hydrogen (secondary N) is 1. The minimum absolute atomic E-state index is 0.0468. The summed E-state index contributed by atoms with van der Waals surface area (Å²) in [6.07, 6.45) is 2.41. The van der Waals surface area contributed by atoms with E-state index in [0.29, 0.717) is 0 Å². The second kappa shape index (κ2) is 9.09. The summed E-state index contributed by atoms with van der Waals surface area (Å²) in [5.41, 5.74) is 0.762. The number of halogens is 1. The van der Waals surface area contributed by atoms with Crippen LogP contribution in [0.4, 0.5) is 4.39 Å². The van der Waals surface area contributed by atoms with E-state index in [1.165, 1.54) is 18.9 Å². The minimum atomic E-state index is -0.120. The Labute approximate surface area is 123 Å². The summed E-state index contributed by atoms with van der Waals surface area (Å²) in [7, 11) is 1.90. The lowest BCUT2D eigenvalue weighted by molar-refractivity contribution is 0.212. The van der Waals surface area contributed by atoms with E-state index in [4.69, 9.17) is 0 Å². The Morgan fingerprint density at radius 3 is 2.25 bits per heavy atom. The van der Waals surface area contributed by atoms with Crippen LogP contribution in [-0.4, -0.2) is 31.6 Å². The molecule has 0 aliphatic rings. The van der Waals surface area contributed by atoms with Gasteiger partial charge in [-0.15, -0.1) is 0 Å². The van der Waals surface area contributed by atoms with Crippen LogP contribution in [-0.2, 0) is 0 Å². The van der Waals surface area contributed by atoms with Gasteiger partial charge in [-0.3, -0.25) is 0 Å². The Morgan fingerprint density at radius 1 is 1.10 bits per heavy atom. The molecule has 2 nitrogen and oxygen atoms in total. The molecule has 0 amide bonds. The van der Waals surface area contributed by atoms with Crippen molar-refractivity contribution in [3.05, 3.63) is 35.6 Å². The Bertz CT molecular complexity index is 377. The first-order valence-electron chi connectivity index (χ1n) is 7.80. The van der Waals surface area contributed by atoms with E-state index in [0.717, 1.165) is 31.1 Å². The number of likely N-dealkylation sites (N-methyl/N-ethyl adjacent to an activating group) is 2. The third-order valence-corrected chi connectivity index (χ3v) is 4.19. The summed E-state index contributed by atoms with van der Waals surface area (Å²) in [5, 5.41) is 3.25. The van der Waals surface area contributed by atoms with Crippen LogP contribution in [0.5, 0.6) is 0 Å². The molecule has 0 saturated carbocycles. The van der Waals surface area contributed by atoms with Gasteiger partial charge in [-0.1, -0.05) is 51.8 Å². The fourth-order valence-corrected chi connectivity index (χ4v) is 2.61. The number of nitrogens with zero attached hydrogens (tertiary/aromatic N) is 1. The Hall–Kier alpha value is -0.930. The van der Waals surface area contributed by atoms with Crippen LogP contribution in [0.3, 0.4) is 0 Å². The van der Waals surface area contributed by atoms with E-state index in [2.05, 4.69) is 31.0 Å². The monoisotopic (exact) mass is 280 g/mol. The molecule has 0 saturated heterocycles. The van der Waals surface area contributed by atoms with Crippen molar-refractivity contribution in [3.8, 4) is 0 Å². The molecule has 0 aliphatic carbocycles. The number of hydrogen-bond donors (Lipinski definition) is 1. The van der Waals surface area contributed by atoms with Gasteiger partial charge < -0.3 is 10.2 Å². The molecule has 1 atom stereocenters. The lowest BCUT2D eigenvalue weighted by atomic mass is 10.0. The van der Waals surface area contributed by atoms with Gasteiger partial charge in [0.1, 0.15) is 5.82 Å². The van der Waals surface area contributed by atoms with E-state index in [-0.39, 0.29) is 11.9 Å². The minimum Gasteiger partial charge on any atom is -0.312 e. The largest absolute Gasteiger partial charge is 0.312 e. The van der Waals surface area contributed by atoms with Gasteiger partial charge in [0, 0.05) is 24.7 Å². The summed E-state index contributed by atoms with van der Waals surface area (Å²) < 4.78 is 13.9. The number of rotatable bonds is 9. The third kappa shape index (κ3) is 4.88. The zero-order valence-electron chi connectivity index (χ0n) is 13.3. The molecule has 0 bridgehead atoms. The molecule has 0 fully saturated rings. The molecule has 1 aromatic rings. The van der Waals surface area contributed by atoms with Crippen molar-refractivity contribution in [1.29, 1.82) is 0 Å². The highest BCUT2D eigenvalue weighted by atomic mass is 19.1. The summed E-state index contributed by atoms with van der Waals surface area (Å²) in [5.74, 6) is 0.610. The quantitative estimate of drug-likeness (QED) is 0.739. The topological polar surface area (TPSA) is 15.3 Å². The molecule has 1 rings (SSSR count). The first-order valence-corrected chi connectivity index (χ1v) is 7.80. The Morgan fingerprint density at radius 2 is 1.75 bits per heavy atom. The van der Waals surface area contributed by atoms with Crippen LogP contribution >= 0.6 is 0 Å². The van der Waals surface area contributed by atoms with E-state index in [1.807, 2.05) is 19.2 Å². The van der Waals surface area contributed by atoms with Crippen LogP contribution in [0.1, 0.15) is 45.2 Å². The number of hydrogen-bond acceptors (Lipinski definition) is 2. The standard InChI is InChI=1S/C17H29FN2/c1-5-14(6-2)12-20(7-3)13-17(19-4)15-10-8-9-11-16(15)18/h8-11,14,17,19H,5-7,12-13H2,1-4H3. The predicted molar refractivity (Wildman–Crippen MR) is 84.4 cm³/mol. The lowest BCUT2D eigenvalue weighted by Crippen LogP contribution is -2.37. The fourth-order valence-electron chi connectivity index (χ4n) is 2.61. The first-order chi connectivity index (χ1) is 9.65. The molecule has 20 heavy (non-hydrogen) atoms. The molecule has 1 N–H and O–H groups in total. The Balaban J connectivity index is 2.73. The molecule has 1 unspecified atom stereocenters. The second-order valence-corrected chi connectivity index (χ2v) is 5.40. The molecule has 0 spiro atoms. The van der Waals surface area contributed by atoms with Gasteiger partial charge in [-0.05, 0) is 25.6 Å². The van der Waals surface area contributed by atoms with Crippen molar-refractivity contribution in [2.45, 2.75) is 39.7 Å². The van der Waals surface area contributed by atoms with E-state index in [9.17, 15) is 4.39 Å².